The summed E-state index contributed by atoms with van der Waals surface area (Å²) in [5, 5.41) is 5.88. The third-order valence-electron chi connectivity index (χ3n) is 3.97. The SMILES string of the molecule is O=C(COc1ccc2ccccc2c1)NCCCc1ccc(Cl)cc1. The zero-order valence-corrected chi connectivity index (χ0v) is 14.6. The third-order valence-corrected chi connectivity index (χ3v) is 4.22. The fourth-order valence-electron chi connectivity index (χ4n) is 2.63. The summed E-state index contributed by atoms with van der Waals surface area (Å²) in [7, 11) is 0. The van der Waals surface area contributed by atoms with Gasteiger partial charge in [0, 0.05) is 11.6 Å². The Morgan fingerprint density at radius 1 is 0.960 bits per heavy atom. The van der Waals surface area contributed by atoms with Crippen LogP contribution in [0.4, 0.5) is 0 Å². The quantitative estimate of drug-likeness (QED) is 0.629. The van der Waals surface area contributed by atoms with Crippen molar-refractivity contribution in [2.45, 2.75) is 12.8 Å². The van der Waals surface area contributed by atoms with Gasteiger partial charge in [-0.2, -0.15) is 0 Å². The average Bonchev–Trinajstić information content (AvgIpc) is 2.65. The van der Waals surface area contributed by atoms with Gasteiger partial charge in [-0.25, -0.2) is 0 Å². The number of ether oxygens (including phenoxy) is 1. The van der Waals surface area contributed by atoms with Crippen molar-refractivity contribution < 1.29 is 9.53 Å². The Balaban J connectivity index is 1.39. The summed E-state index contributed by atoms with van der Waals surface area (Å²) < 4.78 is 5.58. The fraction of sp³-hybridized carbons (Fsp3) is 0.190. The first-order valence-corrected chi connectivity index (χ1v) is 8.71. The summed E-state index contributed by atoms with van der Waals surface area (Å²) in [6.07, 6.45) is 1.78. The summed E-state index contributed by atoms with van der Waals surface area (Å²) in [5.74, 6) is 0.597. The van der Waals surface area contributed by atoms with Gasteiger partial charge in [0.2, 0.25) is 0 Å². The van der Waals surface area contributed by atoms with Gasteiger partial charge >= 0.3 is 0 Å². The second-order valence-corrected chi connectivity index (χ2v) is 6.31. The summed E-state index contributed by atoms with van der Waals surface area (Å²) in [5.41, 5.74) is 1.21. The first-order valence-electron chi connectivity index (χ1n) is 8.33. The van der Waals surface area contributed by atoms with Gasteiger partial charge in [0.1, 0.15) is 5.75 Å². The number of carbonyl (C=O) groups is 1. The van der Waals surface area contributed by atoms with Gasteiger partial charge < -0.3 is 10.1 Å². The Hall–Kier alpha value is -2.52. The predicted octanol–water partition coefficient (Wildman–Crippen LogP) is 4.62. The van der Waals surface area contributed by atoms with Crippen LogP contribution in [0.5, 0.6) is 5.75 Å². The average molecular weight is 354 g/mol. The van der Waals surface area contributed by atoms with Crippen molar-refractivity contribution in [1.29, 1.82) is 0 Å². The van der Waals surface area contributed by atoms with Crippen LogP contribution in [0.3, 0.4) is 0 Å². The van der Waals surface area contributed by atoms with Crippen molar-refractivity contribution in [2.75, 3.05) is 13.2 Å². The highest BCUT2D eigenvalue weighted by Gasteiger charge is 2.03. The van der Waals surface area contributed by atoms with Crippen LogP contribution >= 0.6 is 11.6 Å². The van der Waals surface area contributed by atoms with E-state index in [1.807, 2.05) is 66.7 Å². The second-order valence-electron chi connectivity index (χ2n) is 5.88. The minimum atomic E-state index is -0.107. The molecular weight excluding hydrogens is 334 g/mol. The maximum Gasteiger partial charge on any atom is 0.257 e. The van der Waals surface area contributed by atoms with E-state index in [0.717, 1.165) is 28.6 Å². The number of halogens is 1. The zero-order chi connectivity index (χ0) is 17.5. The number of amides is 1. The first-order chi connectivity index (χ1) is 12.2. The molecule has 128 valence electrons. The van der Waals surface area contributed by atoms with Crippen LogP contribution < -0.4 is 10.1 Å². The molecule has 0 aliphatic heterocycles. The van der Waals surface area contributed by atoms with Crippen molar-refractivity contribution in [2.24, 2.45) is 0 Å². The van der Waals surface area contributed by atoms with Crippen molar-refractivity contribution in [3.63, 3.8) is 0 Å². The number of hydrogen-bond donors (Lipinski definition) is 1. The topological polar surface area (TPSA) is 38.3 Å². The largest absolute Gasteiger partial charge is 0.484 e. The predicted molar refractivity (Wildman–Crippen MR) is 102 cm³/mol. The fourth-order valence-corrected chi connectivity index (χ4v) is 2.75. The highest BCUT2D eigenvalue weighted by atomic mass is 35.5. The van der Waals surface area contributed by atoms with E-state index >= 15 is 0 Å². The van der Waals surface area contributed by atoms with Gasteiger partial charge in [-0.15, -0.1) is 0 Å². The molecule has 0 saturated carbocycles. The van der Waals surface area contributed by atoms with Crippen molar-refractivity contribution in [3.05, 3.63) is 77.3 Å². The lowest BCUT2D eigenvalue weighted by atomic mass is 10.1. The molecule has 0 aliphatic rings. The van der Waals surface area contributed by atoms with Gasteiger partial charge in [-0.1, -0.05) is 54.1 Å². The molecule has 0 atom stereocenters. The van der Waals surface area contributed by atoms with E-state index in [9.17, 15) is 4.79 Å². The minimum absolute atomic E-state index is 0.0271. The molecule has 0 fully saturated rings. The van der Waals surface area contributed by atoms with Crippen LogP contribution in [0.2, 0.25) is 5.02 Å². The third kappa shape index (κ3) is 5.23. The molecule has 0 saturated heterocycles. The maximum absolute atomic E-state index is 11.9. The molecule has 3 aromatic rings. The Labute approximate surface area is 152 Å². The highest BCUT2D eigenvalue weighted by molar-refractivity contribution is 6.30. The van der Waals surface area contributed by atoms with Crippen LogP contribution in [-0.4, -0.2) is 19.1 Å². The number of aryl methyl sites for hydroxylation is 1. The number of benzene rings is 3. The molecule has 0 heterocycles. The number of rotatable bonds is 7. The molecule has 1 amide bonds. The Morgan fingerprint density at radius 2 is 1.72 bits per heavy atom. The van der Waals surface area contributed by atoms with E-state index in [1.54, 1.807) is 0 Å². The Bertz CT molecular complexity index is 846. The number of nitrogens with one attached hydrogen (secondary N) is 1. The van der Waals surface area contributed by atoms with Crippen LogP contribution in [0.25, 0.3) is 10.8 Å². The second kappa shape index (κ2) is 8.54. The van der Waals surface area contributed by atoms with E-state index in [-0.39, 0.29) is 12.5 Å². The summed E-state index contributed by atoms with van der Waals surface area (Å²) in [6.45, 7) is 0.655. The summed E-state index contributed by atoms with van der Waals surface area (Å²) in [4.78, 5) is 11.9. The molecule has 0 aliphatic carbocycles. The molecule has 25 heavy (non-hydrogen) atoms. The molecule has 4 heteroatoms. The number of fused-ring (bicyclic) bond motifs is 1. The van der Waals surface area contributed by atoms with Crippen LogP contribution in [0.1, 0.15) is 12.0 Å². The van der Waals surface area contributed by atoms with E-state index in [0.29, 0.717) is 12.3 Å². The lowest BCUT2D eigenvalue weighted by molar-refractivity contribution is -0.123. The minimum Gasteiger partial charge on any atom is -0.484 e. The van der Waals surface area contributed by atoms with Crippen LogP contribution in [0, 0.1) is 0 Å². The van der Waals surface area contributed by atoms with Crippen molar-refractivity contribution in [3.8, 4) is 5.75 Å². The zero-order valence-electron chi connectivity index (χ0n) is 13.9. The van der Waals surface area contributed by atoms with Gasteiger partial charge in [-0.05, 0) is 53.4 Å². The van der Waals surface area contributed by atoms with Gasteiger partial charge in [0.05, 0.1) is 0 Å². The van der Waals surface area contributed by atoms with E-state index in [4.69, 9.17) is 16.3 Å². The molecule has 3 rings (SSSR count). The molecule has 0 bridgehead atoms. The smallest absolute Gasteiger partial charge is 0.257 e. The molecule has 0 aromatic heterocycles. The maximum atomic E-state index is 11.9. The van der Waals surface area contributed by atoms with Gasteiger partial charge in [0.25, 0.3) is 5.91 Å². The van der Waals surface area contributed by atoms with E-state index < -0.39 is 0 Å². The van der Waals surface area contributed by atoms with Crippen molar-refractivity contribution >= 4 is 28.3 Å². The Morgan fingerprint density at radius 3 is 2.52 bits per heavy atom. The molecule has 0 spiro atoms. The number of hydrogen-bond acceptors (Lipinski definition) is 2. The van der Waals surface area contributed by atoms with Gasteiger partial charge in [0.15, 0.2) is 6.61 Å². The molecule has 0 unspecified atom stereocenters. The summed E-state index contributed by atoms with van der Waals surface area (Å²) >= 11 is 5.86. The molecule has 3 aromatic carbocycles. The lowest BCUT2D eigenvalue weighted by Gasteiger charge is -2.08. The van der Waals surface area contributed by atoms with E-state index in [1.165, 1.54) is 5.56 Å². The molecular formula is C21H20ClNO2. The summed E-state index contributed by atoms with van der Waals surface area (Å²) in [6, 6.07) is 21.7. The van der Waals surface area contributed by atoms with Gasteiger partial charge in [-0.3, -0.25) is 4.79 Å². The van der Waals surface area contributed by atoms with Crippen molar-refractivity contribution in [1.82, 2.24) is 5.32 Å². The Kier molecular flexibility index (Phi) is 5.91. The standard InChI is InChI=1S/C21H20ClNO2/c22-19-10-7-16(8-11-19)4-3-13-23-21(24)15-25-20-12-9-17-5-1-2-6-18(17)14-20/h1-2,5-12,14H,3-4,13,15H2,(H,23,24). The normalized spacial score (nSPS) is 10.6. The highest BCUT2D eigenvalue weighted by Crippen LogP contribution is 2.20. The molecule has 1 N–H and O–H groups in total. The molecule has 0 radical (unpaired) electrons. The number of carbonyl (C=O) groups excluding carboxylic acids is 1. The molecule has 3 nitrogen and oxygen atoms in total. The van der Waals surface area contributed by atoms with Crippen LogP contribution in [0.15, 0.2) is 66.7 Å². The monoisotopic (exact) mass is 353 g/mol. The first kappa shape index (κ1) is 17.3. The van der Waals surface area contributed by atoms with E-state index in [2.05, 4.69) is 5.32 Å². The van der Waals surface area contributed by atoms with Crippen LogP contribution in [-0.2, 0) is 11.2 Å². The lowest BCUT2D eigenvalue weighted by Crippen LogP contribution is -2.29.